The molecule has 0 aromatic rings. The van der Waals surface area contributed by atoms with Crippen molar-refractivity contribution in [3.05, 3.63) is 0 Å². The fraction of sp³-hybridized carbons (Fsp3) is 0.833. The van der Waals surface area contributed by atoms with Gasteiger partial charge in [-0.1, -0.05) is 12.2 Å². The predicted molar refractivity (Wildman–Crippen MR) is 69.7 cm³/mol. The topological polar surface area (TPSA) is 55.6 Å². The Balaban J connectivity index is 1.77. The number of carbonyl (C=O) groups excluding carboxylic acids is 1. The van der Waals surface area contributed by atoms with E-state index in [9.17, 15) is 4.79 Å². The molecule has 2 rings (SSSR count). The maximum absolute atomic E-state index is 11.7. The van der Waals surface area contributed by atoms with Crippen molar-refractivity contribution in [1.29, 1.82) is 0 Å². The molecule has 1 saturated heterocycles. The van der Waals surface area contributed by atoms with Crippen LogP contribution in [-0.2, 0) is 4.74 Å². The highest BCUT2D eigenvalue weighted by Crippen LogP contribution is 2.52. The summed E-state index contributed by atoms with van der Waals surface area (Å²) in [6, 6.07) is 0. The Kier molecular flexibility index (Phi) is 2.84. The number of likely N-dealkylation sites (tertiary alicyclic amines) is 1. The second-order valence-electron chi connectivity index (χ2n) is 6.34. The average molecular weight is 256 g/mol. The SMILES string of the molecule is CC(C)(C)OC(=O)N1CC2(CC(C(N)=S)C2)C1. The number of amides is 1. The number of hydrogen-bond donors (Lipinski definition) is 1. The number of nitrogens with two attached hydrogens (primary N) is 1. The molecule has 0 unspecified atom stereocenters. The molecule has 0 radical (unpaired) electrons. The van der Waals surface area contributed by atoms with Crippen LogP contribution >= 0.6 is 12.2 Å². The molecule has 1 aliphatic heterocycles. The number of carbonyl (C=O) groups is 1. The standard InChI is InChI=1S/C12H20N2O2S/c1-11(2,3)16-10(15)14-6-12(7-14)4-8(5-12)9(13)17/h8H,4-7H2,1-3H3,(H2,13,17). The Hall–Kier alpha value is -0.840. The summed E-state index contributed by atoms with van der Waals surface area (Å²) in [6.45, 7) is 7.23. The zero-order chi connectivity index (χ0) is 12.8. The Morgan fingerprint density at radius 2 is 1.94 bits per heavy atom. The summed E-state index contributed by atoms with van der Waals surface area (Å²) in [5.41, 5.74) is 5.47. The summed E-state index contributed by atoms with van der Waals surface area (Å²) in [7, 11) is 0. The minimum Gasteiger partial charge on any atom is -0.444 e. The highest BCUT2D eigenvalue weighted by Gasteiger charge is 2.54. The summed E-state index contributed by atoms with van der Waals surface area (Å²) in [5, 5.41) is 0. The lowest BCUT2D eigenvalue weighted by atomic mass is 9.58. The number of ether oxygens (including phenoxy) is 1. The zero-order valence-corrected chi connectivity index (χ0v) is 11.5. The van der Waals surface area contributed by atoms with Gasteiger partial charge >= 0.3 is 6.09 Å². The van der Waals surface area contributed by atoms with Crippen LogP contribution in [0, 0.1) is 11.3 Å². The van der Waals surface area contributed by atoms with E-state index in [1.165, 1.54) is 0 Å². The van der Waals surface area contributed by atoms with Gasteiger partial charge in [0.2, 0.25) is 0 Å². The molecule has 0 aromatic carbocycles. The Bertz CT molecular complexity index is 348. The van der Waals surface area contributed by atoms with Crippen molar-refractivity contribution >= 4 is 23.3 Å². The van der Waals surface area contributed by atoms with E-state index in [4.69, 9.17) is 22.7 Å². The second-order valence-corrected chi connectivity index (χ2v) is 6.82. The molecule has 4 nitrogen and oxygen atoms in total. The van der Waals surface area contributed by atoms with Gasteiger partial charge in [0, 0.05) is 24.4 Å². The van der Waals surface area contributed by atoms with Gasteiger partial charge in [-0.15, -0.1) is 0 Å². The number of hydrogen-bond acceptors (Lipinski definition) is 3. The first-order valence-corrected chi connectivity index (χ1v) is 6.39. The molecule has 1 amide bonds. The molecule has 0 bridgehead atoms. The van der Waals surface area contributed by atoms with Crippen LogP contribution in [0.25, 0.3) is 0 Å². The van der Waals surface area contributed by atoms with E-state index in [2.05, 4.69) is 0 Å². The van der Waals surface area contributed by atoms with Crippen LogP contribution < -0.4 is 5.73 Å². The van der Waals surface area contributed by atoms with Crippen LogP contribution in [-0.4, -0.2) is 34.7 Å². The van der Waals surface area contributed by atoms with Crippen LogP contribution in [0.4, 0.5) is 4.79 Å². The minimum atomic E-state index is -0.416. The Morgan fingerprint density at radius 1 is 1.41 bits per heavy atom. The third kappa shape index (κ3) is 2.54. The molecule has 1 heterocycles. The van der Waals surface area contributed by atoms with Crippen molar-refractivity contribution < 1.29 is 9.53 Å². The monoisotopic (exact) mass is 256 g/mol. The van der Waals surface area contributed by atoms with Gasteiger partial charge in [0.15, 0.2) is 0 Å². The molecule has 17 heavy (non-hydrogen) atoms. The lowest BCUT2D eigenvalue weighted by Crippen LogP contribution is -2.65. The molecule has 96 valence electrons. The average Bonchev–Trinajstić information content (AvgIpc) is 1.93. The maximum atomic E-state index is 11.7. The quantitative estimate of drug-likeness (QED) is 0.728. The van der Waals surface area contributed by atoms with Gasteiger partial charge in [0.1, 0.15) is 5.60 Å². The Labute approximate surface area is 107 Å². The second kappa shape index (κ2) is 3.83. The molecule has 0 atom stereocenters. The maximum Gasteiger partial charge on any atom is 0.410 e. The van der Waals surface area contributed by atoms with Gasteiger partial charge < -0.3 is 15.4 Å². The van der Waals surface area contributed by atoms with E-state index in [-0.39, 0.29) is 11.5 Å². The molecule has 1 saturated carbocycles. The molecule has 5 heteroatoms. The first kappa shape index (κ1) is 12.6. The fourth-order valence-electron chi connectivity index (χ4n) is 2.66. The molecule has 2 fully saturated rings. The third-order valence-corrected chi connectivity index (χ3v) is 3.80. The fourth-order valence-corrected chi connectivity index (χ4v) is 2.83. The van der Waals surface area contributed by atoms with Crippen molar-refractivity contribution in [2.75, 3.05) is 13.1 Å². The van der Waals surface area contributed by atoms with Gasteiger partial charge in [0.05, 0.1) is 4.99 Å². The summed E-state index contributed by atoms with van der Waals surface area (Å²) < 4.78 is 5.31. The van der Waals surface area contributed by atoms with Crippen LogP contribution in [0.3, 0.4) is 0 Å². The summed E-state index contributed by atoms with van der Waals surface area (Å²) in [6.07, 6.45) is 1.85. The van der Waals surface area contributed by atoms with Crippen molar-refractivity contribution in [2.24, 2.45) is 17.1 Å². The van der Waals surface area contributed by atoms with Gasteiger partial charge in [-0.3, -0.25) is 0 Å². The van der Waals surface area contributed by atoms with Crippen molar-refractivity contribution in [1.82, 2.24) is 4.90 Å². The molecular formula is C12H20N2O2S. The zero-order valence-electron chi connectivity index (χ0n) is 10.7. The third-order valence-electron chi connectivity index (χ3n) is 3.47. The summed E-state index contributed by atoms with van der Waals surface area (Å²) in [5.74, 6) is 0.380. The lowest BCUT2D eigenvalue weighted by molar-refractivity contribution is -0.0811. The van der Waals surface area contributed by atoms with E-state index >= 15 is 0 Å². The van der Waals surface area contributed by atoms with E-state index in [1.807, 2.05) is 20.8 Å². The molecule has 2 aliphatic rings. The van der Waals surface area contributed by atoms with Gasteiger partial charge in [-0.05, 0) is 33.6 Å². The smallest absolute Gasteiger partial charge is 0.410 e. The van der Waals surface area contributed by atoms with Gasteiger partial charge in [0.25, 0.3) is 0 Å². The number of rotatable bonds is 1. The first-order chi connectivity index (χ1) is 7.71. The molecule has 0 aromatic heterocycles. The van der Waals surface area contributed by atoms with Crippen molar-refractivity contribution in [3.63, 3.8) is 0 Å². The predicted octanol–water partition coefficient (Wildman–Crippen LogP) is 1.92. The van der Waals surface area contributed by atoms with Crippen LogP contribution in [0.5, 0.6) is 0 Å². The van der Waals surface area contributed by atoms with E-state index in [0.29, 0.717) is 10.9 Å². The van der Waals surface area contributed by atoms with Crippen molar-refractivity contribution in [3.8, 4) is 0 Å². The van der Waals surface area contributed by atoms with E-state index in [0.717, 1.165) is 25.9 Å². The summed E-state index contributed by atoms with van der Waals surface area (Å²) in [4.78, 5) is 14.1. The highest BCUT2D eigenvalue weighted by molar-refractivity contribution is 7.80. The molecule has 1 aliphatic carbocycles. The molecular weight excluding hydrogens is 236 g/mol. The minimum absolute atomic E-state index is 0.207. The number of thiocarbonyl (C=S) groups is 1. The van der Waals surface area contributed by atoms with E-state index < -0.39 is 5.60 Å². The summed E-state index contributed by atoms with van der Waals surface area (Å²) >= 11 is 4.97. The van der Waals surface area contributed by atoms with E-state index in [1.54, 1.807) is 4.90 Å². The largest absolute Gasteiger partial charge is 0.444 e. The van der Waals surface area contributed by atoms with Crippen LogP contribution in [0.15, 0.2) is 0 Å². The lowest BCUT2D eigenvalue weighted by Gasteiger charge is -2.58. The van der Waals surface area contributed by atoms with Crippen LogP contribution in [0.2, 0.25) is 0 Å². The Morgan fingerprint density at radius 3 is 2.35 bits per heavy atom. The molecule has 2 N–H and O–H groups in total. The van der Waals surface area contributed by atoms with Gasteiger partial charge in [-0.25, -0.2) is 4.79 Å². The first-order valence-electron chi connectivity index (χ1n) is 5.98. The van der Waals surface area contributed by atoms with Crippen molar-refractivity contribution in [2.45, 2.75) is 39.2 Å². The number of nitrogens with zero attached hydrogens (tertiary/aromatic N) is 1. The highest BCUT2D eigenvalue weighted by atomic mass is 32.1. The molecule has 1 spiro atoms. The van der Waals surface area contributed by atoms with Crippen LogP contribution in [0.1, 0.15) is 33.6 Å². The normalized spacial score (nSPS) is 22.9. The van der Waals surface area contributed by atoms with Gasteiger partial charge in [-0.2, -0.15) is 0 Å².